The zero-order valence-corrected chi connectivity index (χ0v) is 19.4. The van der Waals surface area contributed by atoms with Gasteiger partial charge in [-0.25, -0.2) is 13.4 Å². The van der Waals surface area contributed by atoms with Crippen molar-refractivity contribution in [3.05, 3.63) is 40.8 Å². The molecule has 0 radical (unpaired) electrons. The van der Waals surface area contributed by atoms with E-state index in [0.29, 0.717) is 25.3 Å². The largest absolute Gasteiger partial charge is 0.387 e. The van der Waals surface area contributed by atoms with Crippen LogP contribution in [0.4, 0.5) is 0 Å². The van der Waals surface area contributed by atoms with E-state index in [1.54, 1.807) is 6.07 Å². The molecule has 0 bridgehead atoms. The number of hydrogen-bond donors (Lipinski definition) is 2. The molecule has 0 aliphatic carbocycles. The molecule has 11 nitrogen and oxygen atoms in total. The number of piperidine rings is 1. The van der Waals surface area contributed by atoms with Crippen molar-refractivity contribution in [2.45, 2.75) is 44.9 Å². The predicted molar refractivity (Wildman–Crippen MR) is 119 cm³/mol. The van der Waals surface area contributed by atoms with Crippen molar-refractivity contribution in [2.75, 3.05) is 31.9 Å². The van der Waals surface area contributed by atoms with Crippen molar-refractivity contribution < 1.29 is 18.6 Å². The van der Waals surface area contributed by atoms with Gasteiger partial charge in [-0.3, -0.25) is 0 Å². The smallest absolute Gasteiger partial charge is 0.173 e. The number of aromatic nitrogens is 5. The molecule has 0 amide bonds. The van der Waals surface area contributed by atoms with Crippen LogP contribution >= 0.6 is 0 Å². The van der Waals surface area contributed by atoms with Gasteiger partial charge < -0.3 is 20.0 Å². The molecule has 5 heterocycles. The molecule has 2 aromatic rings. The standard InChI is InChI=1S/C21H29N7O4S/c1-15-17(2-3-19(23-15)28-14-22-24-25-28)18(29)12-26-8-5-21(6-9-26)7-10-27(20(21)30)16-4-11-33(31,32)13-16/h2-3,13-14,18,20,29-30H,4-12H2,1H3. The SMILES string of the molecule is Cc1nc(-n2cnnn2)ccc1C(O)CN1CCC2(CC1)CCN(C1=CS(=O)(=O)CC1)C2O. The third kappa shape index (κ3) is 4.27. The number of aliphatic hydroxyl groups is 2. The molecule has 178 valence electrons. The van der Waals surface area contributed by atoms with E-state index in [0.717, 1.165) is 49.3 Å². The van der Waals surface area contributed by atoms with Gasteiger partial charge in [0, 0.05) is 47.3 Å². The lowest BCUT2D eigenvalue weighted by Crippen LogP contribution is -2.47. The topological polar surface area (TPSA) is 138 Å². The van der Waals surface area contributed by atoms with Gasteiger partial charge >= 0.3 is 0 Å². The fourth-order valence-corrected chi connectivity index (χ4v) is 6.62. The summed E-state index contributed by atoms with van der Waals surface area (Å²) in [5.41, 5.74) is 2.02. The lowest BCUT2D eigenvalue weighted by molar-refractivity contribution is -0.0600. The maximum atomic E-state index is 11.8. The highest BCUT2D eigenvalue weighted by Crippen LogP contribution is 2.46. The van der Waals surface area contributed by atoms with Crippen molar-refractivity contribution in [1.29, 1.82) is 0 Å². The average Bonchev–Trinajstić information content (AvgIpc) is 3.51. The molecule has 2 N–H and O–H groups in total. The molecule has 0 saturated carbocycles. The molecule has 33 heavy (non-hydrogen) atoms. The van der Waals surface area contributed by atoms with Crippen LogP contribution < -0.4 is 0 Å². The van der Waals surface area contributed by atoms with E-state index in [9.17, 15) is 18.6 Å². The van der Waals surface area contributed by atoms with E-state index >= 15 is 0 Å². The molecular formula is C21H29N7O4S. The van der Waals surface area contributed by atoms with E-state index in [1.807, 2.05) is 17.9 Å². The van der Waals surface area contributed by atoms with Crippen molar-refractivity contribution in [2.24, 2.45) is 5.41 Å². The van der Waals surface area contributed by atoms with E-state index < -0.39 is 22.2 Å². The molecule has 3 aliphatic rings. The summed E-state index contributed by atoms with van der Waals surface area (Å²) >= 11 is 0. The summed E-state index contributed by atoms with van der Waals surface area (Å²) in [4.78, 5) is 8.62. The lowest BCUT2D eigenvalue weighted by atomic mass is 9.76. The minimum atomic E-state index is -3.13. The summed E-state index contributed by atoms with van der Waals surface area (Å²) in [6.07, 6.45) is 3.10. The van der Waals surface area contributed by atoms with Gasteiger partial charge in [-0.15, -0.1) is 5.10 Å². The number of sulfone groups is 1. The summed E-state index contributed by atoms with van der Waals surface area (Å²) in [7, 11) is -3.13. The molecule has 12 heteroatoms. The van der Waals surface area contributed by atoms with Crippen LogP contribution in [0, 0.1) is 12.3 Å². The molecule has 2 fully saturated rings. The third-order valence-corrected chi connectivity index (χ3v) is 8.76. The molecule has 2 saturated heterocycles. The molecule has 0 aromatic carbocycles. The third-order valence-electron chi connectivity index (χ3n) is 7.36. The Hall–Kier alpha value is -2.41. The van der Waals surface area contributed by atoms with Gasteiger partial charge in [0.25, 0.3) is 0 Å². The number of rotatable bonds is 5. The van der Waals surface area contributed by atoms with Crippen LogP contribution in [0.2, 0.25) is 0 Å². The Morgan fingerprint density at radius 1 is 1.21 bits per heavy atom. The van der Waals surface area contributed by atoms with Crippen LogP contribution in [0.15, 0.2) is 29.6 Å². The zero-order chi connectivity index (χ0) is 23.2. The normalized spacial score (nSPS) is 25.5. The molecule has 2 aromatic heterocycles. The van der Waals surface area contributed by atoms with Gasteiger partial charge in [0.1, 0.15) is 12.6 Å². The Balaban J connectivity index is 1.20. The number of hydrogen-bond acceptors (Lipinski definition) is 10. The van der Waals surface area contributed by atoms with Crippen LogP contribution in [0.1, 0.15) is 43.0 Å². The second-order valence-corrected chi connectivity index (χ2v) is 11.3. The Labute approximate surface area is 192 Å². The maximum Gasteiger partial charge on any atom is 0.173 e. The lowest BCUT2D eigenvalue weighted by Gasteiger charge is -2.43. The van der Waals surface area contributed by atoms with Crippen LogP contribution in [-0.4, -0.2) is 91.8 Å². The van der Waals surface area contributed by atoms with Gasteiger partial charge in [-0.1, -0.05) is 6.07 Å². The van der Waals surface area contributed by atoms with Crippen molar-refractivity contribution in [3.8, 4) is 5.82 Å². The van der Waals surface area contributed by atoms with Gasteiger partial charge in [-0.05, 0) is 55.8 Å². The van der Waals surface area contributed by atoms with Gasteiger partial charge in [0.15, 0.2) is 15.7 Å². The zero-order valence-electron chi connectivity index (χ0n) is 18.6. The molecule has 2 atom stereocenters. The number of aryl methyl sites for hydroxylation is 1. The van der Waals surface area contributed by atoms with Crippen LogP contribution in [0.3, 0.4) is 0 Å². The summed E-state index contributed by atoms with van der Waals surface area (Å²) < 4.78 is 25.1. The minimum absolute atomic E-state index is 0.134. The number of likely N-dealkylation sites (tertiary alicyclic amines) is 2. The first-order valence-electron chi connectivity index (χ1n) is 11.3. The Morgan fingerprint density at radius 2 is 1.97 bits per heavy atom. The van der Waals surface area contributed by atoms with E-state index in [2.05, 4.69) is 25.4 Å². The fraction of sp³-hybridized carbons (Fsp3) is 0.619. The molecule has 5 rings (SSSR count). The first-order chi connectivity index (χ1) is 15.8. The number of aliphatic hydroxyl groups excluding tert-OH is 2. The van der Waals surface area contributed by atoms with E-state index in [4.69, 9.17) is 0 Å². The fourth-order valence-electron chi connectivity index (χ4n) is 5.35. The molecule has 1 spiro atoms. The first kappa shape index (κ1) is 22.4. The maximum absolute atomic E-state index is 11.8. The number of tetrazole rings is 1. The monoisotopic (exact) mass is 475 g/mol. The minimum Gasteiger partial charge on any atom is -0.387 e. The highest BCUT2D eigenvalue weighted by atomic mass is 32.2. The van der Waals surface area contributed by atoms with Gasteiger partial charge in [0.2, 0.25) is 0 Å². The van der Waals surface area contributed by atoms with Crippen molar-refractivity contribution >= 4 is 9.84 Å². The predicted octanol–water partition coefficient (Wildman–Crippen LogP) is 0.165. The highest BCUT2D eigenvalue weighted by Gasteiger charge is 2.49. The molecule has 3 aliphatic heterocycles. The quantitative estimate of drug-likeness (QED) is 0.615. The number of pyridine rings is 1. The van der Waals surface area contributed by atoms with E-state index in [1.165, 1.54) is 16.4 Å². The van der Waals surface area contributed by atoms with Crippen molar-refractivity contribution in [1.82, 2.24) is 35.0 Å². The van der Waals surface area contributed by atoms with Crippen LogP contribution in [-0.2, 0) is 9.84 Å². The highest BCUT2D eigenvalue weighted by molar-refractivity contribution is 7.94. The van der Waals surface area contributed by atoms with Gasteiger partial charge in [-0.2, -0.15) is 4.68 Å². The number of β-amino-alcohol motifs (C(OH)–C–C–N with tert-alkyl or cyclic N) is 1. The second-order valence-electron chi connectivity index (χ2n) is 9.32. The number of nitrogens with zero attached hydrogens (tertiary/aromatic N) is 7. The first-order valence-corrected chi connectivity index (χ1v) is 13.0. The second kappa shape index (κ2) is 8.42. The summed E-state index contributed by atoms with van der Waals surface area (Å²) in [6, 6.07) is 3.64. The van der Waals surface area contributed by atoms with E-state index in [-0.39, 0.29) is 11.2 Å². The van der Waals surface area contributed by atoms with Crippen LogP contribution in [0.5, 0.6) is 0 Å². The molecular weight excluding hydrogens is 446 g/mol. The Bertz CT molecular complexity index is 1140. The van der Waals surface area contributed by atoms with Crippen LogP contribution in [0.25, 0.3) is 5.82 Å². The summed E-state index contributed by atoms with van der Waals surface area (Å²) in [6.45, 7) is 4.58. The van der Waals surface area contributed by atoms with Crippen molar-refractivity contribution in [3.63, 3.8) is 0 Å². The van der Waals surface area contributed by atoms with Gasteiger partial charge in [0.05, 0.1) is 11.9 Å². The summed E-state index contributed by atoms with van der Waals surface area (Å²) in [5.74, 6) is 0.730. The summed E-state index contributed by atoms with van der Waals surface area (Å²) in [5, 5.41) is 34.4. The molecule has 2 unspecified atom stereocenters. The average molecular weight is 476 g/mol. The Morgan fingerprint density at radius 3 is 2.61 bits per heavy atom. The Kier molecular flexibility index (Phi) is 5.71. The number of allylic oxidation sites excluding steroid dienone is 1.